The molecule has 2 N–H and O–H groups in total. The molecule has 1 rings (SSSR count). The number of nitrogens with zero attached hydrogens (tertiary/aromatic N) is 1. The fourth-order valence-electron chi connectivity index (χ4n) is 1.89. The summed E-state index contributed by atoms with van der Waals surface area (Å²) < 4.78 is 5.41. The topological polar surface area (TPSA) is 65.2 Å². The lowest BCUT2D eigenvalue weighted by atomic mass is 10.1. The largest absolute Gasteiger partial charge is 0.459 e. The number of esters is 1. The van der Waals surface area contributed by atoms with E-state index in [-0.39, 0.29) is 12.1 Å². The summed E-state index contributed by atoms with van der Waals surface area (Å²) in [4.78, 5) is 16.0. The highest BCUT2D eigenvalue weighted by atomic mass is 16.5. The molecule has 0 saturated heterocycles. The predicted molar refractivity (Wildman–Crippen MR) is 75.8 cm³/mol. The highest BCUT2D eigenvalue weighted by Crippen LogP contribution is 2.11. The molecule has 0 aromatic carbocycles. The zero-order chi connectivity index (χ0) is 14.1. The number of nitrogens with two attached hydrogens (primary N) is 1. The maximum absolute atomic E-state index is 11.9. The van der Waals surface area contributed by atoms with Gasteiger partial charge >= 0.3 is 5.97 Å². The van der Waals surface area contributed by atoms with E-state index in [1.807, 2.05) is 6.92 Å². The Morgan fingerprint density at radius 3 is 2.89 bits per heavy atom. The van der Waals surface area contributed by atoms with Crippen molar-refractivity contribution in [3.8, 4) is 0 Å². The van der Waals surface area contributed by atoms with Gasteiger partial charge in [0.15, 0.2) is 0 Å². The van der Waals surface area contributed by atoms with Gasteiger partial charge in [-0.15, -0.1) is 0 Å². The summed E-state index contributed by atoms with van der Waals surface area (Å²) >= 11 is 0. The lowest BCUT2D eigenvalue weighted by Gasteiger charge is -2.13. The Balaban J connectivity index is 2.40. The van der Waals surface area contributed by atoms with Crippen LogP contribution in [0, 0.1) is 0 Å². The van der Waals surface area contributed by atoms with Gasteiger partial charge in [-0.05, 0) is 31.9 Å². The molecule has 1 aromatic heterocycles. The minimum Gasteiger partial charge on any atom is -0.459 e. The number of ether oxygens (including phenoxy) is 1. The van der Waals surface area contributed by atoms with Crippen molar-refractivity contribution in [1.82, 2.24) is 4.98 Å². The van der Waals surface area contributed by atoms with Crippen LogP contribution >= 0.6 is 0 Å². The fourth-order valence-corrected chi connectivity index (χ4v) is 1.89. The van der Waals surface area contributed by atoms with Gasteiger partial charge in [-0.1, -0.05) is 26.2 Å². The Kier molecular flexibility index (Phi) is 7.11. The first kappa shape index (κ1) is 15.6. The van der Waals surface area contributed by atoms with Crippen molar-refractivity contribution in [3.05, 3.63) is 29.6 Å². The average Bonchev–Trinajstić information content (AvgIpc) is 2.43. The Labute approximate surface area is 115 Å². The molecule has 106 valence electrons. The van der Waals surface area contributed by atoms with Crippen molar-refractivity contribution in [1.29, 1.82) is 0 Å². The third-order valence-corrected chi connectivity index (χ3v) is 3.03. The molecule has 4 heteroatoms. The van der Waals surface area contributed by atoms with Crippen molar-refractivity contribution in [2.24, 2.45) is 5.73 Å². The highest BCUT2D eigenvalue weighted by molar-refractivity contribution is 5.89. The van der Waals surface area contributed by atoms with Gasteiger partial charge in [0, 0.05) is 12.7 Å². The van der Waals surface area contributed by atoms with Crippen molar-refractivity contribution in [2.75, 3.05) is 0 Å². The van der Waals surface area contributed by atoms with Gasteiger partial charge in [0.2, 0.25) is 0 Å². The van der Waals surface area contributed by atoms with E-state index in [4.69, 9.17) is 10.5 Å². The van der Waals surface area contributed by atoms with Crippen LogP contribution in [0.25, 0.3) is 0 Å². The lowest BCUT2D eigenvalue weighted by Crippen LogP contribution is -2.15. The van der Waals surface area contributed by atoms with Gasteiger partial charge in [0.25, 0.3) is 0 Å². The number of aromatic nitrogens is 1. The van der Waals surface area contributed by atoms with E-state index in [0.717, 1.165) is 12.8 Å². The van der Waals surface area contributed by atoms with E-state index in [2.05, 4.69) is 11.9 Å². The molecule has 0 aliphatic heterocycles. The van der Waals surface area contributed by atoms with E-state index in [1.54, 1.807) is 18.3 Å². The molecular weight excluding hydrogens is 240 g/mol. The fraction of sp³-hybridized carbons (Fsp3) is 0.600. The Bertz CT molecular complexity index is 393. The van der Waals surface area contributed by atoms with Gasteiger partial charge in [-0.25, -0.2) is 4.79 Å². The quantitative estimate of drug-likeness (QED) is 0.579. The van der Waals surface area contributed by atoms with Crippen LogP contribution in [-0.2, 0) is 11.3 Å². The molecule has 0 saturated carbocycles. The molecule has 0 aliphatic carbocycles. The van der Waals surface area contributed by atoms with Crippen molar-refractivity contribution < 1.29 is 9.53 Å². The Hall–Kier alpha value is -1.42. The Morgan fingerprint density at radius 1 is 1.42 bits per heavy atom. The van der Waals surface area contributed by atoms with Crippen LogP contribution in [0.3, 0.4) is 0 Å². The normalized spacial score (nSPS) is 12.2. The van der Waals surface area contributed by atoms with Crippen molar-refractivity contribution in [2.45, 2.75) is 58.6 Å². The van der Waals surface area contributed by atoms with E-state index in [9.17, 15) is 4.79 Å². The van der Waals surface area contributed by atoms with Crippen molar-refractivity contribution >= 4 is 5.97 Å². The molecule has 0 amide bonds. The first-order valence-electron chi connectivity index (χ1n) is 7.03. The molecule has 1 heterocycles. The predicted octanol–water partition coefficient (Wildman–Crippen LogP) is 3.06. The summed E-state index contributed by atoms with van der Waals surface area (Å²) in [5.74, 6) is -0.292. The van der Waals surface area contributed by atoms with Crippen molar-refractivity contribution in [3.63, 3.8) is 0 Å². The third-order valence-electron chi connectivity index (χ3n) is 3.03. The molecule has 0 spiro atoms. The smallest absolute Gasteiger partial charge is 0.338 e. The number of carbonyl (C=O) groups is 1. The monoisotopic (exact) mass is 264 g/mol. The second-order valence-corrected chi connectivity index (χ2v) is 4.81. The first-order valence-corrected chi connectivity index (χ1v) is 7.03. The zero-order valence-electron chi connectivity index (χ0n) is 11.9. The molecule has 0 bridgehead atoms. The summed E-state index contributed by atoms with van der Waals surface area (Å²) in [6.45, 7) is 4.45. The first-order chi connectivity index (χ1) is 9.17. The third kappa shape index (κ3) is 5.83. The summed E-state index contributed by atoms with van der Waals surface area (Å²) in [5.41, 5.74) is 6.72. The minimum absolute atomic E-state index is 0.0427. The van der Waals surface area contributed by atoms with Gasteiger partial charge in [0.05, 0.1) is 17.4 Å². The molecule has 1 unspecified atom stereocenters. The van der Waals surface area contributed by atoms with Crippen LogP contribution in [0.1, 0.15) is 62.0 Å². The highest BCUT2D eigenvalue weighted by Gasteiger charge is 2.12. The summed E-state index contributed by atoms with van der Waals surface area (Å²) in [6, 6.07) is 3.34. The van der Waals surface area contributed by atoms with Crippen LogP contribution in [-0.4, -0.2) is 17.1 Å². The SMILES string of the molecule is CCCCCCC(C)OC(=O)c1ccnc(CN)c1. The van der Waals surface area contributed by atoms with Gasteiger partial charge in [0.1, 0.15) is 0 Å². The van der Waals surface area contributed by atoms with Crippen LogP contribution in [0.2, 0.25) is 0 Å². The van der Waals surface area contributed by atoms with Gasteiger partial charge in [-0.3, -0.25) is 4.98 Å². The number of hydrogen-bond acceptors (Lipinski definition) is 4. The van der Waals surface area contributed by atoms with E-state index < -0.39 is 0 Å². The number of carbonyl (C=O) groups excluding carboxylic acids is 1. The molecule has 1 atom stereocenters. The maximum Gasteiger partial charge on any atom is 0.338 e. The molecule has 1 aromatic rings. The lowest BCUT2D eigenvalue weighted by molar-refractivity contribution is 0.0319. The van der Waals surface area contributed by atoms with Crippen LogP contribution in [0.5, 0.6) is 0 Å². The minimum atomic E-state index is -0.292. The number of rotatable bonds is 8. The number of hydrogen-bond donors (Lipinski definition) is 1. The Morgan fingerprint density at radius 2 is 2.21 bits per heavy atom. The van der Waals surface area contributed by atoms with Crippen LogP contribution < -0.4 is 5.73 Å². The van der Waals surface area contributed by atoms with E-state index >= 15 is 0 Å². The molecular formula is C15H24N2O2. The standard InChI is InChI=1S/C15H24N2O2/c1-3-4-5-6-7-12(2)19-15(18)13-8-9-17-14(10-13)11-16/h8-10,12H,3-7,11,16H2,1-2H3. The zero-order valence-corrected chi connectivity index (χ0v) is 11.9. The van der Waals surface area contributed by atoms with Gasteiger partial charge < -0.3 is 10.5 Å². The molecule has 4 nitrogen and oxygen atoms in total. The summed E-state index contributed by atoms with van der Waals surface area (Å²) in [7, 11) is 0. The van der Waals surface area contributed by atoms with Crippen LogP contribution in [0.15, 0.2) is 18.3 Å². The summed E-state index contributed by atoms with van der Waals surface area (Å²) in [6.07, 6.45) is 7.22. The summed E-state index contributed by atoms with van der Waals surface area (Å²) in [5, 5.41) is 0. The number of pyridine rings is 1. The average molecular weight is 264 g/mol. The van der Waals surface area contributed by atoms with Gasteiger partial charge in [-0.2, -0.15) is 0 Å². The second kappa shape index (κ2) is 8.64. The molecule has 19 heavy (non-hydrogen) atoms. The van der Waals surface area contributed by atoms with E-state index in [0.29, 0.717) is 17.8 Å². The van der Waals surface area contributed by atoms with E-state index in [1.165, 1.54) is 19.3 Å². The molecule has 0 fully saturated rings. The second-order valence-electron chi connectivity index (χ2n) is 4.81. The number of unbranched alkanes of at least 4 members (excludes halogenated alkanes) is 3. The molecule has 0 aliphatic rings. The van der Waals surface area contributed by atoms with Crippen LogP contribution in [0.4, 0.5) is 0 Å². The molecule has 0 radical (unpaired) electrons. The maximum atomic E-state index is 11.9.